The fourth-order valence-electron chi connectivity index (χ4n) is 7.05. The maximum absolute atomic E-state index is 12.4. The molecule has 0 amide bonds. The van der Waals surface area contributed by atoms with E-state index in [4.69, 9.17) is 0 Å². The molecular weight excluding hydrogens is 276 g/mol. The van der Waals surface area contributed by atoms with Crippen molar-refractivity contribution in [2.24, 2.45) is 34.5 Å². The Bertz CT molecular complexity index is 489. The highest BCUT2D eigenvalue weighted by molar-refractivity contribution is 5.87. The molecule has 0 spiro atoms. The maximum Gasteiger partial charge on any atom is 0.139 e. The highest BCUT2D eigenvalue weighted by Crippen LogP contribution is 2.65. The van der Waals surface area contributed by atoms with E-state index >= 15 is 0 Å². The lowest BCUT2D eigenvalue weighted by molar-refractivity contribution is -0.160. The summed E-state index contributed by atoms with van der Waals surface area (Å²) in [6.45, 7) is 4.58. The maximum atomic E-state index is 12.4. The van der Waals surface area contributed by atoms with Crippen molar-refractivity contribution < 1.29 is 15.0 Å². The number of aliphatic hydroxyl groups excluding tert-OH is 2. The second kappa shape index (κ2) is 4.80. The first-order valence-electron chi connectivity index (χ1n) is 9.25. The molecule has 3 nitrogen and oxygen atoms in total. The lowest BCUT2D eigenvalue weighted by Crippen LogP contribution is -2.56. The van der Waals surface area contributed by atoms with E-state index in [1.54, 1.807) is 0 Å². The molecule has 0 saturated heterocycles. The fraction of sp³-hybridized carbons (Fsp3) is 0.947. The molecule has 0 aromatic heterocycles. The highest BCUT2D eigenvalue weighted by atomic mass is 16.3. The molecule has 4 aliphatic rings. The second-order valence-corrected chi connectivity index (χ2v) is 9.15. The highest BCUT2D eigenvalue weighted by Gasteiger charge is 2.60. The van der Waals surface area contributed by atoms with Crippen molar-refractivity contribution >= 4 is 5.78 Å². The lowest BCUT2D eigenvalue weighted by Gasteiger charge is -2.60. The molecule has 0 aliphatic heterocycles. The topological polar surface area (TPSA) is 57.5 Å². The number of hydrogen-bond donors (Lipinski definition) is 2. The third kappa shape index (κ3) is 1.84. The fourth-order valence-corrected chi connectivity index (χ4v) is 7.05. The molecule has 0 aromatic carbocycles. The summed E-state index contributed by atoms with van der Waals surface area (Å²) in [5.41, 5.74) is 0.103. The molecule has 3 heteroatoms. The van der Waals surface area contributed by atoms with Crippen LogP contribution in [0.5, 0.6) is 0 Å². The van der Waals surface area contributed by atoms with E-state index in [0.717, 1.165) is 38.5 Å². The van der Waals surface area contributed by atoms with Crippen LogP contribution in [0.1, 0.15) is 65.2 Å². The number of hydrogen-bond acceptors (Lipinski definition) is 3. The number of Topliss-reactive ketones (excluding diaryl/α,β-unsaturated/α-hetero) is 1. The van der Waals surface area contributed by atoms with Crippen LogP contribution in [0.2, 0.25) is 0 Å². The van der Waals surface area contributed by atoms with Crippen molar-refractivity contribution in [2.75, 3.05) is 0 Å². The standard InChI is InChI=1S/C19H30O3/c1-18-8-7-14-12(13(18)5-6-17(18)22)4-3-11-9-15(20)16(21)10-19(11,14)2/h11-16,20-21H,3-10H2,1-2H3/t11-,12-,13-,14-,15-,16?,18-,19-/m0/s1. The predicted molar refractivity (Wildman–Crippen MR) is 84.1 cm³/mol. The van der Waals surface area contributed by atoms with Crippen molar-refractivity contribution in [1.29, 1.82) is 0 Å². The third-order valence-electron chi connectivity index (χ3n) is 8.39. The monoisotopic (exact) mass is 306 g/mol. The minimum Gasteiger partial charge on any atom is -0.390 e. The molecule has 8 atom stereocenters. The first kappa shape index (κ1) is 15.1. The van der Waals surface area contributed by atoms with Crippen LogP contribution in [0.3, 0.4) is 0 Å². The van der Waals surface area contributed by atoms with Gasteiger partial charge in [-0.1, -0.05) is 13.8 Å². The Labute approximate surface area is 133 Å². The van der Waals surface area contributed by atoms with Crippen LogP contribution < -0.4 is 0 Å². The van der Waals surface area contributed by atoms with Crippen LogP contribution in [0.4, 0.5) is 0 Å². The van der Waals surface area contributed by atoms with Gasteiger partial charge >= 0.3 is 0 Å². The summed E-state index contributed by atoms with van der Waals surface area (Å²) in [6, 6.07) is 0. The van der Waals surface area contributed by atoms with Gasteiger partial charge in [-0.05, 0) is 74.0 Å². The smallest absolute Gasteiger partial charge is 0.139 e. The van der Waals surface area contributed by atoms with Gasteiger partial charge in [0.2, 0.25) is 0 Å². The van der Waals surface area contributed by atoms with E-state index in [9.17, 15) is 15.0 Å². The van der Waals surface area contributed by atoms with Crippen LogP contribution in [0, 0.1) is 34.5 Å². The summed E-state index contributed by atoms with van der Waals surface area (Å²) >= 11 is 0. The number of fused-ring (bicyclic) bond motifs is 5. The summed E-state index contributed by atoms with van der Waals surface area (Å²) in [5, 5.41) is 20.3. The molecule has 22 heavy (non-hydrogen) atoms. The van der Waals surface area contributed by atoms with Gasteiger partial charge in [0, 0.05) is 11.8 Å². The van der Waals surface area contributed by atoms with Crippen LogP contribution in [0.15, 0.2) is 0 Å². The second-order valence-electron chi connectivity index (χ2n) is 9.15. The predicted octanol–water partition coefficient (Wildman–Crippen LogP) is 2.93. The van der Waals surface area contributed by atoms with Crippen LogP contribution in [-0.2, 0) is 4.79 Å². The van der Waals surface area contributed by atoms with Gasteiger partial charge in [0.05, 0.1) is 12.2 Å². The zero-order valence-corrected chi connectivity index (χ0v) is 13.9. The number of carbonyl (C=O) groups excluding carboxylic acids is 1. The van der Waals surface area contributed by atoms with Gasteiger partial charge in [0.15, 0.2) is 0 Å². The van der Waals surface area contributed by atoms with Gasteiger partial charge in [-0.3, -0.25) is 4.79 Å². The van der Waals surface area contributed by atoms with Gasteiger partial charge in [-0.25, -0.2) is 0 Å². The quantitative estimate of drug-likeness (QED) is 0.723. The Morgan fingerprint density at radius 1 is 1.00 bits per heavy atom. The Morgan fingerprint density at radius 3 is 2.55 bits per heavy atom. The molecule has 4 rings (SSSR count). The first-order chi connectivity index (χ1) is 10.4. The minimum absolute atomic E-state index is 0.0584. The summed E-state index contributed by atoms with van der Waals surface area (Å²) in [6.07, 6.45) is 6.87. The Kier molecular flexibility index (Phi) is 3.30. The zero-order valence-electron chi connectivity index (χ0n) is 13.9. The van der Waals surface area contributed by atoms with E-state index in [0.29, 0.717) is 29.5 Å². The summed E-state index contributed by atoms with van der Waals surface area (Å²) in [5.74, 6) is 2.92. The minimum atomic E-state index is -0.557. The molecule has 0 aromatic rings. The van der Waals surface area contributed by atoms with Gasteiger partial charge in [-0.2, -0.15) is 0 Å². The molecule has 124 valence electrons. The number of aliphatic hydroxyl groups is 2. The average molecular weight is 306 g/mol. The summed E-state index contributed by atoms with van der Waals surface area (Å²) < 4.78 is 0. The van der Waals surface area contributed by atoms with Gasteiger partial charge in [0.25, 0.3) is 0 Å². The Hall–Kier alpha value is -0.410. The summed E-state index contributed by atoms with van der Waals surface area (Å²) in [7, 11) is 0. The molecule has 4 saturated carbocycles. The number of rotatable bonds is 0. The van der Waals surface area contributed by atoms with E-state index in [-0.39, 0.29) is 10.8 Å². The zero-order chi connectivity index (χ0) is 15.7. The van der Waals surface area contributed by atoms with E-state index in [2.05, 4.69) is 13.8 Å². The molecule has 4 fully saturated rings. The number of carbonyl (C=O) groups is 1. The Morgan fingerprint density at radius 2 is 1.77 bits per heavy atom. The van der Waals surface area contributed by atoms with Gasteiger partial charge in [0.1, 0.15) is 5.78 Å². The van der Waals surface area contributed by atoms with Crippen molar-refractivity contribution in [2.45, 2.75) is 77.4 Å². The van der Waals surface area contributed by atoms with Crippen molar-refractivity contribution in [3.8, 4) is 0 Å². The molecule has 1 unspecified atom stereocenters. The van der Waals surface area contributed by atoms with E-state index in [1.165, 1.54) is 12.8 Å². The molecule has 2 N–H and O–H groups in total. The van der Waals surface area contributed by atoms with Crippen LogP contribution >= 0.6 is 0 Å². The molecule has 0 heterocycles. The lowest BCUT2D eigenvalue weighted by atomic mass is 9.45. The number of ketones is 1. The van der Waals surface area contributed by atoms with Crippen molar-refractivity contribution in [3.63, 3.8) is 0 Å². The van der Waals surface area contributed by atoms with Gasteiger partial charge in [-0.15, -0.1) is 0 Å². The molecule has 4 aliphatic carbocycles. The SMILES string of the molecule is C[C@]12CC(O)[C@@H](O)C[C@@H]1CC[C@@H]1[C@@H]2CC[C@]2(C)C(=O)CC[C@@H]12. The normalized spacial score (nSPS) is 57.9. The van der Waals surface area contributed by atoms with Gasteiger partial charge < -0.3 is 10.2 Å². The molecule has 0 bridgehead atoms. The third-order valence-corrected chi connectivity index (χ3v) is 8.39. The largest absolute Gasteiger partial charge is 0.390 e. The molecule has 0 radical (unpaired) electrons. The van der Waals surface area contributed by atoms with Crippen molar-refractivity contribution in [3.05, 3.63) is 0 Å². The Balaban J connectivity index is 1.65. The molecular formula is C19H30O3. The average Bonchev–Trinajstić information content (AvgIpc) is 2.77. The van der Waals surface area contributed by atoms with E-state index < -0.39 is 12.2 Å². The van der Waals surface area contributed by atoms with E-state index in [1.807, 2.05) is 0 Å². The van der Waals surface area contributed by atoms with Crippen molar-refractivity contribution in [1.82, 2.24) is 0 Å². The summed E-state index contributed by atoms with van der Waals surface area (Å²) in [4.78, 5) is 12.4. The van der Waals surface area contributed by atoms with Crippen LogP contribution in [0.25, 0.3) is 0 Å². The van der Waals surface area contributed by atoms with Crippen LogP contribution in [-0.4, -0.2) is 28.2 Å². The first-order valence-corrected chi connectivity index (χ1v) is 9.25.